The maximum absolute atomic E-state index is 5.77. The first kappa shape index (κ1) is 14.2. The lowest BCUT2D eigenvalue weighted by Gasteiger charge is -2.30. The summed E-state index contributed by atoms with van der Waals surface area (Å²) in [5.74, 6) is 1.71. The van der Waals surface area contributed by atoms with Gasteiger partial charge in [0.2, 0.25) is 0 Å². The van der Waals surface area contributed by atoms with Gasteiger partial charge in [-0.3, -0.25) is 4.90 Å². The van der Waals surface area contributed by atoms with Crippen molar-refractivity contribution in [2.24, 2.45) is 5.73 Å². The van der Waals surface area contributed by atoms with Crippen LogP contribution in [0.4, 0.5) is 0 Å². The monoisotopic (exact) mass is 264 g/mol. The van der Waals surface area contributed by atoms with E-state index in [1.165, 1.54) is 5.56 Å². The van der Waals surface area contributed by atoms with Gasteiger partial charge < -0.3 is 15.2 Å². The van der Waals surface area contributed by atoms with Crippen LogP contribution in [-0.4, -0.2) is 37.7 Å². The van der Waals surface area contributed by atoms with E-state index in [1.807, 2.05) is 6.07 Å². The Morgan fingerprint density at radius 3 is 2.47 bits per heavy atom. The lowest BCUT2D eigenvalue weighted by Crippen LogP contribution is -2.30. The summed E-state index contributed by atoms with van der Waals surface area (Å²) < 4.78 is 11.2. The fourth-order valence-electron chi connectivity index (χ4n) is 2.65. The molecule has 1 heterocycles. The Balaban J connectivity index is 2.25. The van der Waals surface area contributed by atoms with Crippen molar-refractivity contribution in [3.8, 4) is 11.5 Å². The molecule has 1 aromatic rings. The van der Waals surface area contributed by atoms with E-state index in [-0.39, 0.29) is 0 Å². The van der Waals surface area contributed by atoms with Crippen molar-refractivity contribution in [2.75, 3.05) is 32.8 Å². The zero-order valence-electron chi connectivity index (χ0n) is 11.9. The maximum Gasteiger partial charge on any atom is 0.161 e. The van der Waals surface area contributed by atoms with Crippen LogP contribution in [0.5, 0.6) is 11.5 Å². The minimum absolute atomic E-state index is 0.357. The summed E-state index contributed by atoms with van der Waals surface area (Å²) in [4.78, 5) is 2.43. The molecule has 19 heavy (non-hydrogen) atoms. The Morgan fingerprint density at radius 2 is 1.84 bits per heavy atom. The van der Waals surface area contributed by atoms with Gasteiger partial charge in [-0.05, 0) is 43.8 Å². The lowest BCUT2D eigenvalue weighted by atomic mass is 10.0. The predicted molar refractivity (Wildman–Crippen MR) is 76.8 cm³/mol. The number of ether oxygens (including phenoxy) is 2. The van der Waals surface area contributed by atoms with Crippen LogP contribution in [0.2, 0.25) is 0 Å². The molecule has 1 aliphatic heterocycles. The Kier molecular flexibility index (Phi) is 5.05. The van der Waals surface area contributed by atoms with E-state index in [4.69, 9.17) is 15.2 Å². The van der Waals surface area contributed by atoms with Gasteiger partial charge >= 0.3 is 0 Å². The summed E-state index contributed by atoms with van der Waals surface area (Å²) in [5, 5.41) is 0. The smallest absolute Gasteiger partial charge is 0.161 e. The molecule has 0 spiro atoms. The highest BCUT2D eigenvalue weighted by Crippen LogP contribution is 2.34. The summed E-state index contributed by atoms with van der Waals surface area (Å²) in [7, 11) is 0. The molecule has 0 aromatic heterocycles. The van der Waals surface area contributed by atoms with Gasteiger partial charge in [-0.2, -0.15) is 0 Å². The molecule has 1 aromatic carbocycles. The number of hydrogen-bond donors (Lipinski definition) is 1. The highest BCUT2D eigenvalue weighted by atomic mass is 16.6. The quantitative estimate of drug-likeness (QED) is 0.855. The number of fused-ring (bicyclic) bond motifs is 1. The van der Waals surface area contributed by atoms with Crippen LogP contribution in [0, 0.1) is 0 Å². The minimum Gasteiger partial charge on any atom is -0.486 e. The van der Waals surface area contributed by atoms with Crippen LogP contribution in [0.25, 0.3) is 0 Å². The lowest BCUT2D eigenvalue weighted by molar-refractivity contribution is 0.169. The molecule has 2 N–H and O–H groups in total. The topological polar surface area (TPSA) is 47.7 Å². The zero-order chi connectivity index (χ0) is 13.7. The van der Waals surface area contributed by atoms with Gasteiger partial charge in [-0.1, -0.05) is 19.9 Å². The number of nitrogens with zero attached hydrogens (tertiary/aromatic N) is 1. The van der Waals surface area contributed by atoms with Crippen molar-refractivity contribution in [1.29, 1.82) is 0 Å². The van der Waals surface area contributed by atoms with E-state index in [0.29, 0.717) is 25.8 Å². The number of nitrogens with two attached hydrogens (primary N) is 1. The molecule has 0 saturated heterocycles. The van der Waals surface area contributed by atoms with E-state index < -0.39 is 0 Å². The van der Waals surface area contributed by atoms with E-state index in [2.05, 4.69) is 30.9 Å². The zero-order valence-corrected chi connectivity index (χ0v) is 11.9. The van der Waals surface area contributed by atoms with Crippen LogP contribution in [-0.2, 0) is 0 Å². The van der Waals surface area contributed by atoms with Crippen LogP contribution in [0.15, 0.2) is 18.2 Å². The number of benzene rings is 1. The summed E-state index contributed by atoms with van der Waals surface area (Å²) in [6, 6.07) is 6.60. The maximum atomic E-state index is 5.77. The van der Waals surface area contributed by atoms with E-state index in [1.54, 1.807) is 0 Å². The summed E-state index contributed by atoms with van der Waals surface area (Å²) in [6.45, 7) is 8.37. The van der Waals surface area contributed by atoms with Crippen LogP contribution in [0.1, 0.15) is 31.9 Å². The normalized spacial score (nSPS) is 15.6. The molecule has 106 valence electrons. The fraction of sp³-hybridized carbons (Fsp3) is 0.600. The Morgan fingerprint density at radius 1 is 1.16 bits per heavy atom. The van der Waals surface area contributed by atoms with E-state index in [9.17, 15) is 0 Å². The van der Waals surface area contributed by atoms with Gasteiger partial charge in [0.05, 0.1) is 0 Å². The van der Waals surface area contributed by atoms with Crippen molar-refractivity contribution >= 4 is 0 Å². The van der Waals surface area contributed by atoms with Crippen LogP contribution < -0.4 is 15.2 Å². The SMILES string of the molecule is CCN(CC)C(CCN)c1ccc2c(c1)OCCO2. The predicted octanol–water partition coefficient (Wildman–Crippen LogP) is 2.19. The Bertz CT molecular complexity index is 405. The molecule has 1 atom stereocenters. The summed E-state index contributed by atoms with van der Waals surface area (Å²) in [5.41, 5.74) is 7.03. The van der Waals surface area contributed by atoms with Crippen molar-refractivity contribution in [3.63, 3.8) is 0 Å². The molecule has 4 heteroatoms. The molecule has 0 aliphatic carbocycles. The minimum atomic E-state index is 0.357. The molecule has 0 saturated carbocycles. The van der Waals surface area contributed by atoms with Gasteiger partial charge in [0.1, 0.15) is 13.2 Å². The highest BCUT2D eigenvalue weighted by molar-refractivity contribution is 5.44. The van der Waals surface area contributed by atoms with Crippen molar-refractivity contribution < 1.29 is 9.47 Å². The average molecular weight is 264 g/mol. The molecule has 0 radical (unpaired) electrons. The van der Waals surface area contributed by atoms with E-state index in [0.717, 1.165) is 31.0 Å². The van der Waals surface area contributed by atoms with Crippen molar-refractivity contribution in [2.45, 2.75) is 26.3 Å². The van der Waals surface area contributed by atoms with Gasteiger partial charge in [0.15, 0.2) is 11.5 Å². The van der Waals surface area contributed by atoms with Crippen molar-refractivity contribution in [3.05, 3.63) is 23.8 Å². The second kappa shape index (κ2) is 6.78. The number of rotatable bonds is 6. The molecular weight excluding hydrogens is 240 g/mol. The number of hydrogen-bond acceptors (Lipinski definition) is 4. The van der Waals surface area contributed by atoms with Crippen LogP contribution >= 0.6 is 0 Å². The Hall–Kier alpha value is -1.26. The first-order chi connectivity index (χ1) is 9.30. The average Bonchev–Trinajstić information content (AvgIpc) is 2.47. The Labute approximate surface area is 115 Å². The second-order valence-electron chi connectivity index (χ2n) is 4.72. The fourth-order valence-corrected chi connectivity index (χ4v) is 2.65. The van der Waals surface area contributed by atoms with Gasteiger partial charge in [-0.15, -0.1) is 0 Å². The molecule has 0 fully saturated rings. The molecular formula is C15H24N2O2. The van der Waals surface area contributed by atoms with Gasteiger partial charge in [0, 0.05) is 6.04 Å². The summed E-state index contributed by atoms with van der Waals surface area (Å²) in [6.07, 6.45) is 0.960. The van der Waals surface area contributed by atoms with Crippen LogP contribution in [0.3, 0.4) is 0 Å². The molecule has 2 rings (SSSR count). The molecule has 1 aliphatic rings. The second-order valence-corrected chi connectivity index (χ2v) is 4.72. The van der Waals surface area contributed by atoms with Gasteiger partial charge in [-0.25, -0.2) is 0 Å². The van der Waals surface area contributed by atoms with E-state index >= 15 is 0 Å². The molecule has 4 nitrogen and oxygen atoms in total. The van der Waals surface area contributed by atoms with Crippen molar-refractivity contribution in [1.82, 2.24) is 4.90 Å². The third-order valence-corrected chi connectivity index (χ3v) is 3.64. The summed E-state index contributed by atoms with van der Waals surface area (Å²) >= 11 is 0. The first-order valence-corrected chi connectivity index (χ1v) is 7.13. The molecule has 0 amide bonds. The molecule has 0 bridgehead atoms. The van der Waals surface area contributed by atoms with Gasteiger partial charge in [0.25, 0.3) is 0 Å². The third-order valence-electron chi connectivity index (χ3n) is 3.64. The standard InChI is InChI=1S/C15H24N2O2/c1-3-17(4-2)13(7-8-16)12-5-6-14-15(11-12)19-10-9-18-14/h5-6,11,13H,3-4,7-10,16H2,1-2H3. The third kappa shape index (κ3) is 3.19. The largest absolute Gasteiger partial charge is 0.486 e. The molecule has 1 unspecified atom stereocenters. The highest BCUT2D eigenvalue weighted by Gasteiger charge is 2.20. The first-order valence-electron chi connectivity index (χ1n) is 7.13.